The molecule has 4 fully saturated rings. The standard InChI is InChI=1S/C32H40N2O4S.C25H30N2O2S.C21H26INO/c1-21-17-25(13-16-29(21)37-2)23-9-7-22(8-10-23)20-34(31(36)24-11-14-28(35)15-12-24)27-6-4-5-26(18-27)30-19-33-32(38-3)39-30;1-17-13-20(11-12-23(17)28-2)19-9-7-18(8-10-19)15-26-22-6-4-5-21(14-22)24-16-27-25(29-3)30-24;1-15-12-18(10-11-21(15)24-2)17-8-6-16(7-9-17)14-23-20-5-3-4-19(22)13-20/h4-6,13,16-19,22-24,28,35H,7-12,14-15,20H2,1-3H3;4-6,11-14,16,18-19,26H,7-10,15H2,1-3H3;3-5,10-13,16-17,23H,6-9,14H2,1-2H3. The van der Waals surface area contributed by atoms with E-state index >= 15 is 0 Å². The molecule has 12 rings (SSSR count). The first-order valence-electron chi connectivity index (χ1n) is 33.6. The molecule has 0 unspecified atom stereocenters. The molecule has 494 valence electrons. The summed E-state index contributed by atoms with van der Waals surface area (Å²) in [6.07, 6.45) is 21.1. The number of hydrogen-bond acceptors (Lipinski definition) is 13. The summed E-state index contributed by atoms with van der Waals surface area (Å²) >= 11 is 5.45. The van der Waals surface area contributed by atoms with E-state index in [4.69, 9.17) is 23.7 Å². The number of amides is 1. The molecule has 1 amide bonds. The number of aryl methyl sites for hydroxylation is 3. The smallest absolute Gasteiger partial charge is 0.273 e. The normalized spacial score (nSPS) is 21.1. The second-order valence-corrected chi connectivity index (χ2v) is 29.3. The van der Waals surface area contributed by atoms with Crippen molar-refractivity contribution in [2.75, 3.05) is 70.7 Å². The Morgan fingerprint density at radius 2 is 0.914 bits per heavy atom. The van der Waals surface area contributed by atoms with Crippen molar-refractivity contribution in [2.45, 2.75) is 147 Å². The summed E-state index contributed by atoms with van der Waals surface area (Å²) in [7, 11) is 8.49. The van der Waals surface area contributed by atoms with Crippen molar-refractivity contribution in [3.05, 3.63) is 177 Å². The van der Waals surface area contributed by atoms with E-state index in [1.165, 1.54) is 117 Å². The molecule has 0 bridgehead atoms. The minimum absolute atomic E-state index is 0.0285. The summed E-state index contributed by atoms with van der Waals surface area (Å²) in [4.78, 5) is 26.8. The van der Waals surface area contributed by atoms with Gasteiger partial charge in [0, 0.05) is 58.6 Å². The lowest BCUT2D eigenvalue weighted by atomic mass is 9.78. The van der Waals surface area contributed by atoms with Crippen LogP contribution in [0.5, 0.6) is 27.6 Å². The molecule has 0 atom stereocenters. The number of aliphatic hydroxyl groups excluding tert-OH is 1. The van der Waals surface area contributed by atoms with Gasteiger partial charge in [0.05, 0.1) is 51.4 Å². The zero-order chi connectivity index (χ0) is 65.2. The van der Waals surface area contributed by atoms with Crippen LogP contribution in [-0.4, -0.2) is 82.3 Å². The third-order valence-corrected chi connectivity index (χ3v) is 22.6. The molecule has 0 aliphatic heterocycles. The molecule has 8 aromatic rings. The van der Waals surface area contributed by atoms with Gasteiger partial charge in [0.25, 0.3) is 10.4 Å². The number of carbonyl (C=O) groups excluding carboxylic acids is 1. The van der Waals surface area contributed by atoms with Gasteiger partial charge in [-0.2, -0.15) is 0 Å². The van der Waals surface area contributed by atoms with E-state index in [1.54, 1.807) is 46.9 Å². The van der Waals surface area contributed by atoms with Gasteiger partial charge in [0.1, 0.15) is 17.2 Å². The van der Waals surface area contributed by atoms with Gasteiger partial charge in [-0.25, -0.2) is 9.97 Å². The molecule has 0 radical (unpaired) electrons. The second-order valence-electron chi connectivity index (χ2n) is 26.1. The van der Waals surface area contributed by atoms with E-state index in [0.717, 1.165) is 108 Å². The Morgan fingerprint density at radius 3 is 1.33 bits per heavy atom. The summed E-state index contributed by atoms with van der Waals surface area (Å²) in [6, 6.07) is 45.4. The zero-order valence-electron chi connectivity index (χ0n) is 55.8. The maximum absolute atomic E-state index is 14.0. The number of carbonyl (C=O) groups is 1. The first-order valence-corrected chi connectivity index (χ1v) is 36.3. The molecule has 0 spiro atoms. The third-order valence-electron chi connectivity index (χ3n) is 19.9. The fourth-order valence-electron chi connectivity index (χ4n) is 14.4. The van der Waals surface area contributed by atoms with Crippen molar-refractivity contribution in [1.29, 1.82) is 0 Å². The Kier molecular flexibility index (Phi) is 25.4. The highest BCUT2D eigenvalue weighted by Crippen LogP contribution is 2.43. The van der Waals surface area contributed by atoms with E-state index < -0.39 is 0 Å². The van der Waals surface area contributed by atoms with E-state index in [9.17, 15) is 9.90 Å². The highest BCUT2D eigenvalue weighted by Gasteiger charge is 2.33. The first-order chi connectivity index (χ1) is 45.3. The van der Waals surface area contributed by atoms with Crippen molar-refractivity contribution in [3.63, 3.8) is 0 Å². The number of hydrogen-bond donors (Lipinski definition) is 3. The Labute approximate surface area is 574 Å². The molecule has 12 nitrogen and oxygen atoms in total. The molecular formula is C78H96IN5O7S2. The Bertz CT molecular complexity index is 3650. The summed E-state index contributed by atoms with van der Waals surface area (Å²) in [5.41, 5.74) is 13.6. The van der Waals surface area contributed by atoms with E-state index in [0.29, 0.717) is 46.9 Å². The third kappa shape index (κ3) is 19.1. The lowest BCUT2D eigenvalue weighted by Gasteiger charge is -2.36. The summed E-state index contributed by atoms with van der Waals surface area (Å²) in [5.74, 6) is 7.02. The van der Waals surface area contributed by atoms with Gasteiger partial charge in [0.2, 0.25) is 5.91 Å². The number of aliphatic hydroxyl groups is 1. The topological polar surface area (TPSA) is 137 Å². The van der Waals surface area contributed by atoms with Crippen LogP contribution < -0.4 is 39.2 Å². The van der Waals surface area contributed by atoms with Crippen LogP contribution >= 0.6 is 45.3 Å². The first kappa shape index (κ1) is 69.2. The van der Waals surface area contributed by atoms with Gasteiger partial charge in [-0.15, -0.1) is 0 Å². The van der Waals surface area contributed by atoms with Crippen molar-refractivity contribution in [3.8, 4) is 48.5 Å². The number of methoxy groups -OCH3 is 5. The van der Waals surface area contributed by atoms with Gasteiger partial charge < -0.3 is 44.3 Å². The van der Waals surface area contributed by atoms with E-state index in [-0.39, 0.29) is 17.9 Å². The average molecular weight is 1410 g/mol. The van der Waals surface area contributed by atoms with Crippen LogP contribution in [0.2, 0.25) is 0 Å². The van der Waals surface area contributed by atoms with Crippen molar-refractivity contribution in [2.24, 2.45) is 23.7 Å². The Balaban J connectivity index is 0.000000157. The van der Waals surface area contributed by atoms with Gasteiger partial charge in [-0.1, -0.05) is 89.4 Å². The SMILES string of the molecule is COc1ccc(C2CCC(CNc3cccc(I)c3)CC2)cc1C.COc1ncc(-c2cccc(N(CC3CCC(c4ccc(OC)c(C)c4)CC3)C(=O)C3CCC(O)CC3)c2)s1.COc1ncc(-c2cccc(NCC3CCC(c4ccc(OC)c(C)c4)CC3)c2)s1. The van der Waals surface area contributed by atoms with E-state index in [1.807, 2.05) is 23.4 Å². The molecule has 6 aromatic carbocycles. The number of anilines is 3. The number of ether oxygens (including phenoxy) is 5. The Morgan fingerprint density at radius 1 is 0.495 bits per heavy atom. The highest BCUT2D eigenvalue weighted by molar-refractivity contribution is 14.1. The lowest BCUT2D eigenvalue weighted by molar-refractivity contribution is -0.124. The van der Waals surface area contributed by atoms with Crippen LogP contribution in [0.25, 0.3) is 20.9 Å². The van der Waals surface area contributed by atoms with E-state index in [2.05, 4.69) is 185 Å². The molecule has 2 heterocycles. The number of thiazole rings is 2. The average Bonchev–Trinajstić information content (AvgIpc) is 1.86. The summed E-state index contributed by atoms with van der Waals surface area (Å²) < 4.78 is 28.0. The molecular weight excluding hydrogens is 1310 g/mol. The van der Waals surface area contributed by atoms with Gasteiger partial charge in [-0.05, 0) is 287 Å². The van der Waals surface area contributed by atoms with Gasteiger partial charge in [-0.3, -0.25) is 4.79 Å². The van der Waals surface area contributed by atoms with Gasteiger partial charge >= 0.3 is 0 Å². The minimum atomic E-state index is -0.274. The molecule has 15 heteroatoms. The van der Waals surface area contributed by atoms with Crippen LogP contribution in [-0.2, 0) is 4.79 Å². The number of halogens is 1. The number of aromatic nitrogens is 2. The molecule has 0 saturated heterocycles. The summed E-state index contributed by atoms with van der Waals surface area (Å²) in [5, 5.41) is 18.6. The lowest BCUT2D eigenvalue weighted by Crippen LogP contribution is -2.41. The fourth-order valence-corrected chi connectivity index (χ4v) is 16.4. The monoisotopic (exact) mass is 1410 g/mol. The van der Waals surface area contributed by atoms with Crippen LogP contribution in [0, 0.1) is 48.0 Å². The zero-order valence-corrected chi connectivity index (χ0v) is 59.6. The largest absolute Gasteiger partial charge is 0.496 e. The second kappa shape index (κ2) is 34.1. The summed E-state index contributed by atoms with van der Waals surface area (Å²) in [6.45, 7) is 9.24. The quantitative estimate of drug-likeness (QED) is 0.0629. The predicted molar refractivity (Wildman–Crippen MR) is 392 cm³/mol. The minimum Gasteiger partial charge on any atom is -0.496 e. The molecule has 2 aromatic heterocycles. The number of benzene rings is 6. The van der Waals surface area contributed by atoms with Crippen LogP contribution in [0.15, 0.2) is 140 Å². The number of nitrogens with zero attached hydrogens (tertiary/aromatic N) is 3. The fraction of sp³-hybridized carbons (Fsp3) is 0.449. The van der Waals surface area contributed by atoms with Crippen molar-refractivity contribution >= 4 is 68.2 Å². The van der Waals surface area contributed by atoms with Crippen LogP contribution in [0.1, 0.15) is 154 Å². The van der Waals surface area contributed by atoms with Crippen molar-refractivity contribution in [1.82, 2.24) is 9.97 Å². The predicted octanol–water partition coefficient (Wildman–Crippen LogP) is 19.5. The number of rotatable bonds is 20. The Hall–Kier alpha value is -6.66. The van der Waals surface area contributed by atoms with Gasteiger partial charge in [0.15, 0.2) is 0 Å². The van der Waals surface area contributed by atoms with Crippen molar-refractivity contribution < 1.29 is 33.6 Å². The molecule has 4 aliphatic carbocycles. The molecule has 93 heavy (non-hydrogen) atoms. The van der Waals surface area contributed by atoms with Crippen LogP contribution in [0.3, 0.4) is 0 Å². The highest BCUT2D eigenvalue weighted by atomic mass is 127. The van der Waals surface area contributed by atoms with Crippen LogP contribution in [0.4, 0.5) is 17.1 Å². The molecule has 4 saturated carbocycles. The number of nitrogens with one attached hydrogen (secondary N) is 2. The maximum atomic E-state index is 14.0. The molecule has 4 aliphatic rings. The molecule has 3 N–H and O–H groups in total. The maximum Gasteiger partial charge on any atom is 0.273 e.